The van der Waals surface area contributed by atoms with Gasteiger partial charge in [0, 0.05) is 24.5 Å². The summed E-state index contributed by atoms with van der Waals surface area (Å²) in [6, 6.07) is 9.78. The van der Waals surface area contributed by atoms with E-state index in [4.69, 9.17) is 0 Å². The molecule has 1 aromatic heterocycles. The topological polar surface area (TPSA) is 54.0 Å². The average Bonchev–Trinajstić information content (AvgIpc) is 2.55. The number of nitrogens with one attached hydrogen (secondary N) is 2. The summed E-state index contributed by atoms with van der Waals surface area (Å²) in [4.78, 5) is 16.6. The summed E-state index contributed by atoms with van der Waals surface area (Å²) >= 11 is 0. The van der Waals surface area contributed by atoms with Gasteiger partial charge in [0.1, 0.15) is 0 Å². The standard InChI is InChI=1S/C17H19N3O/c1-12(13-5-8-18-9-6-13)20-17(21)16-4-2-3-14-11-19-10-7-15(14)16/h2-6,8-9,12,19H,7,10-11H2,1H3,(H,20,21). The third-order valence-electron chi connectivity index (χ3n) is 3.94. The van der Waals surface area contributed by atoms with E-state index in [1.807, 2.05) is 31.2 Å². The minimum absolute atomic E-state index is 0.00179. The molecule has 1 aliphatic rings. The summed E-state index contributed by atoms with van der Waals surface area (Å²) in [5.41, 5.74) is 4.26. The SMILES string of the molecule is CC(NC(=O)c1cccc2c1CCNC2)c1ccncc1. The maximum Gasteiger partial charge on any atom is 0.252 e. The fourth-order valence-corrected chi connectivity index (χ4v) is 2.75. The molecule has 2 aromatic rings. The molecule has 1 aromatic carbocycles. The van der Waals surface area contributed by atoms with E-state index in [1.165, 1.54) is 11.1 Å². The van der Waals surface area contributed by atoms with E-state index in [1.54, 1.807) is 12.4 Å². The maximum absolute atomic E-state index is 12.6. The fraction of sp³-hybridized carbons (Fsp3) is 0.294. The second kappa shape index (κ2) is 6.06. The van der Waals surface area contributed by atoms with Gasteiger partial charge in [0.05, 0.1) is 6.04 Å². The minimum atomic E-state index is -0.0296. The molecule has 1 aliphatic heterocycles. The molecule has 0 fully saturated rings. The number of benzene rings is 1. The van der Waals surface area contributed by atoms with Crippen LogP contribution in [0.4, 0.5) is 0 Å². The van der Waals surface area contributed by atoms with Gasteiger partial charge in [0.2, 0.25) is 0 Å². The fourth-order valence-electron chi connectivity index (χ4n) is 2.75. The van der Waals surface area contributed by atoms with E-state index < -0.39 is 0 Å². The van der Waals surface area contributed by atoms with Crippen LogP contribution in [0.3, 0.4) is 0 Å². The Morgan fingerprint density at radius 2 is 2.10 bits per heavy atom. The zero-order valence-electron chi connectivity index (χ0n) is 12.1. The maximum atomic E-state index is 12.6. The largest absolute Gasteiger partial charge is 0.346 e. The Balaban J connectivity index is 1.80. The monoisotopic (exact) mass is 281 g/mol. The van der Waals surface area contributed by atoms with Crippen molar-refractivity contribution in [1.82, 2.24) is 15.6 Å². The highest BCUT2D eigenvalue weighted by molar-refractivity contribution is 5.96. The van der Waals surface area contributed by atoms with Gasteiger partial charge in [-0.25, -0.2) is 0 Å². The van der Waals surface area contributed by atoms with E-state index in [-0.39, 0.29) is 11.9 Å². The first-order chi connectivity index (χ1) is 10.3. The highest BCUT2D eigenvalue weighted by Crippen LogP contribution is 2.20. The number of rotatable bonds is 3. The lowest BCUT2D eigenvalue weighted by atomic mass is 9.95. The Morgan fingerprint density at radius 3 is 2.90 bits per heavy atom. The first-order valence-corrected chi connectivity index (χ1v) is 7.28. The summed E-state index contributed by atoms with van der Waals surface area (Å²) in [6.45, 7) is 3.76. The van der Waals surface area contributed by atoms with Crippen molar-refractivity contribution in [2.75, 3.05) is 6.54 Å². The molecule has 4 nitrogen and oxygen atoms in total. The Labute approximate surface area is 124 Å². The zero-order valence-corrected chi connectivity index (χ0v) is 12.1. The van der Waals surface area contributed by atoms with Gasteiger partial charge in [-0.15, -0.1) is 0 Å². The number of aromatic nitrogens is 1. The van der Waals surface area contributed by atoms with Crippen molar-refractivity contribution in [1.29, 1.82) is 0 Å². The molecule has 0 aliphatic carbocycles. The van der Waals surface area contributed by atoms with Crippen molar-refractivity contribution >= 4 is 5.91 Å². The van der Waals surface area contributed by atoms with Gasteiger partial charge in [0.25, 0.3) is 5.91 Å². The van der Waals surface area contributed by atoms with Crippen molar-refractivity contribution in [2.24, 2.45) is 0 Å². The lowest BCUT2D eigenvalue weighted by molar-refractivity contribution is 0.0938. The van der Waals surface area contributed by atoms with Crippen LogP contribution in [0.2, 0.25) is 0 Å². The number of fused-ring (bicyclic) bond motifs is 1. The van der Waals surface area contributed by atoms with Crippen molar-refractivity contribution in [3.05, 3.63) is 65.0 Å². The van der Waals surface area contributed by atoms with Gasteiger partial charge in [-0.1, -0.05) is 12.1 Å². The van der Waals surface area contributed by atoms with E-state index >= 15 is 0 Å². The summed E-state index contributed by atoms with van der Waals surface area (Å²) in [7, 11) is 0. The summed E-state index contributed by atoms with van der Waals surface area (Å²) in [5.74, 6) is -0.00179. The number of hydrogen-bond acceptors (Lipinski definition) is 3. The molecule has 0 saturated heterocycles. The van der Waals surface area contributed by atoms with Gasteiger partial charge in [0.15, 0.2) is 0 Å². The Bertz CT molecular complexity index is 640. The molecule has 2 heterocycles. The normalized spacial score (nSPS) is 15.1. The first kappa shape index (κ1) is 13.8. The molecule has 21 heavy (non-hydrogen) atoms. The van der Waals surface area contributed by atoms with Crippen molar-refractivity contribution in [3.8, 4) is 0 Å². The molecule has 4 heteroatoms. The quantitative estimate of drug-likeness (QED) is 0.907. The summed E-state index contributed by atoms with van der Waals surface area (Å²) in [6.07, 6.45) is 4.39. The average molecular weight is 281 g/mol. The number of carbonyl (C=O) groups excluding carboxylic acids is 1. The number of pyridine rings is 1. The number of hydrogen-bond donors (Lipinski definition) is 2. The Hall–Kier alpha value is -2.20. The molecule has 1 amide bonds. The van der Waals surface area contributed by atoms with Crippen LogP contribution in [0.1, 0.15) is 40.0 Å². The van der Waals surface area contributed by atoms with E-state index in [9.17, 15) is 4.79 Å². The molecule has 1 atom stereocenters. The second-order valence-corrected chi connectivity index (χ2v) is 5.35. The minimum Gasteiger partial charge on any atom is -0.346 e. The molecule has 0 spiro atoms. The Kier molecular flexibility index (Phi) is 3.97. The highest BCUT2D eigenvalue weighted by Gasteiger charge is 2.18. The summed E-state index contributed by atoms with van der Waals surface area (Å²) < 4.78 is 0. The second-order valence-electron chi connectivity index (χ2n) is 5.35. The van der Waals surface area contributed by atoms with Crippen molar-refractivity contribution < 1.29 is 4.79 Å². The van der Waals surface area contributed by atoms with Crippen LogP contribution in [0.15, 0.2) is 42.7 Å². The number of carbonyl (C=O) groups is 1. The Morgan fingerprint density at radius 1 is 1.29 bits per heavy atom. The van der Waals surface area contributed by atoms with Crippen LogP contribution in [0.25, 0.3) is 0 Å². The van der Waals surface area contributed by atoms with Crippen molar-refractivity contribution in [3.63, 3.8) is 0 Å². The van der Waals surface area contributed by atoms with Crippen LogP contribution in [0, 0.1) is 0 Å². The van der Waals surface area contributed by atoms with Crippen LogP contribution in [-0.2, 0) is 13.0 Å². The van der Waals surface area contributed by atoms with Crippen LogP contribution in [0.5, 0.6) is 0 Å². The molecular weight excluding hydrogens is 262 g/mol. The number of amides is 1. The zero-order chi connectivity index (χ0) is 14.7. The van der Waals surface area contributed by atoms with Crippen LogP contribution >= 0.6 is 0 Å². The third-order valence-corrected chi connectivity index (χ3v) is 3.94. The van der Waals surface area contributed by atoms with Gasteiger partial charge < -0.3 is 10.6 Å². The van der Waals surface area contributed by atoms with E-state index in [0.29, 0.717) is 0 Å². The predicted molar refractivity (Wildman–Crippen MR) is 82.0 cm³/mol. The van der Waals surface area contributed by atoms with Gasteiger partial charge >= 0.3 is 0 Å². The lowest BCUT2D eigenvalue weighted by Gasteiger charge is -2.21. The molecule has 3 rings (SSSR count). The molecular formula is C17H19N3O. The molecule has 0 radical (unpaired) electrons. The van der Waals surface area contributed by atoms with Gasteiger partial charge in [-0.05, 0) is 54.8 Å². The van der Waals surface area contributed by atoms with Crippen LogP contribution < -0.4 is 10.6 Å². The lowest BCUT2D eigenvalue weighted by Crippen LogP contribution is -2.30. The summed E-state index contributed by atoms with van der Waals surface area (Å²) in [5, 5.41) is 6.41. The molecule has 0 bridgehead atoms. The van der Waals surface area contributed by atoms with E-state index in [0.717, 1.165) is 30.6 Å². The van der Waals surface area contributed by atoms with Gasteiger partial charge in [-0.2, -0.15) is 0 Å². The van der Waals surface area contributed by atoms with E-state index in [2.05, 4.69) is 21.7 Å². The van der Waals surface area contributed by atoms with Crippen molar-refractivity contribution in [2.45, 2.75) is 25.9 Å². The molecule has 0 saturated carbocycles. The first-order valence-electron chi connectivity index (χ1n) is 7.28. The predicted octanol–water partition coefficient (Wildman–Crippen LogP) is 2.22. The van der Waals surface area contributed by atoms with Crippen LogP contribution in [-0.4, -0.2) is 17.4 Å². The molecule has 1 unspecified atom stereocenters. The number of nitrogens with zero attached hydrogens (tertiary/aromatic N) is 1. The highest BCUT2D eigenvalue weighted by atomic mass is 16.1. The smallest absolute Gasteiger partial charge is 0.252 e. The van der Waals surface area contributed by atoms with Gasteiger partial charge in [-0.3, -0.25) is 9.78 Å². The molecule has 2 N–H and O–H groups in total. The molecule has 108 valence electrons. The third kappa shape index (κ3) is 2.95.